The molecule has 2 nitrogen and oxygen atoms in total. The van der Waals surface area contributed by atoms with Crippen molar-refractivity contribution in [2.24, 2.45) is 0 Å². The molecular weight excluding hydrogens is 605 g/mol. The second kappa shape index (κ2) is 10.7. The summed E-state index contributed by atoms with van der Waals surface area (Å²) in [5.41, 5.74) is 19.3. The third kappa shape index (κ3) is 4.02. The second-order valence-corrected chi connectivity index (χ2v) is 13.9. The van der Waals surface area contributed by atoms with E-state index in [2.05, 4.69) is 155 Å². The molecule has 0 fully saturated rings. The molecule has 0 atom stereocenters. The molecule has 0 bridgehead atoms. The van der Waals surface area contributed by atoms with Gasteiger partial charge in [-0.1, -0.05) is 127 Å². The van der Waals surface area contributed by atoms with E-state index >= 15 is 0 Å². The summed E-state index contributed by atoms with van der Waals surface area (Å²) in [5.74, 6) is 0. The predicted octanol–water partition coefficient (Wildman–Crippen LogP) is 13.0. The van der Waals surface area contributed by atoms with Crippen LogP contribution in [0.5, 0.6) is 0 Å². The van der Waals surface area contributed by atoms with E-state index in [4.69, 9.17) is 9.97 Å². The molecule has 0 spiro atoms. The van der Waals surface area contributed by atoms with Crippen LogP contribution >= 0.6 is 0 Å². The van der Waals surface area contributed by atoms with Crippen molar-refractivity contribution in [1.82, 2.24) is 9.97 Å². The maximum absolute atomic E-state index is 5.29. The van der Waals surface area contributed by atoms with Crippen LogP contribution in [-0.2, 0) is 0 Å². The molecule has 7 aromatic carbocycles. The third-order valence-corrected chi connectivity index (χ3v) is 11.3. The molecule has 10 rings (SSSR count). The lowest BCUT2D eigenvalue weighted by Gasteiger charge is -2.16. The average molecular weight is 639 g/mol. The summed E-state index contributed by atoms with van der Waals surface area (Å²) in [6, 6.07) is 47.0. The quantitative estimate of drug-likeness (QED) is 0.180. The predicted molar refractivity (Wildman–Crippen MR) is 212 cm³/mol. The van der Waals surface area contributed by atoms with Crippen molar-refractivity contribution in [3.05, 3.63) is 156 Å². The number of hydrogen-bond donors (Lipinski definition) is 0. The Labute approximate surface area is 291 Å². The van der Waals surface area contributed by atoms with Crippen LogP contribution in [0.25, 0.3) is 99.1 Å². The van der Waals surface area contributed by atoms with Crippen LogP contribution in [-0.4, -0.2) is 9.97 Å². The third-order valence-electron chi connectivity index (χ3n) is 11.3. The van der Waals surface area contributed by atoms with Crippen LogP contribution in [0.15, 0.2) is 134 Å². The van der Waals surface area contributed by atoms with Crippen molar-refractivity contribution in [3.63, 3.8) is 0 Å². The van der Waals surface area contributed by atoms with Crippen molar-refractivity contribution in [1.29, 1.82) is 0 Å². The lowest BCUT2D eigenvalue weighted by atomic mass is 9.88. The Morgan fingerprint density at radius 2 is 0.900 bits per heavy atom. The van der Waals surface area contributed by atoms with Gasteiger partial charge in [-0.3, -0.25) is 4.98 Å². The normalized spacial score (nSPS) is 12.0. The molecule has 50 heavy (non-hydrogen) atoms. The van der Waals surface area contributed by atoms with Crippen LogP contribution in [0.4, 0.5) is 0 Å². The second-order valence-electron chi connectivity index (χ2n) is 13.9. The first-order valence-electron chi connectivity index (χ1n) is 17.4. The fourth-order valence-corrected chi connectivity index (χ4v) is 8.39. The summed E-state index contributed by atoms with van der Waals surface area (Å²) in [5, 5.41) is 7.52. The van der Waals surface area contributed by atoms with Crippen molar-refractivity contribution in [2.45, 2.75) is 27.7 Å². The molecule has 1 aliphatic rings. The lowest BCUT2D eigenvalue weighted by Crippen LogP contribution is -1.97. The lowest BCUT2D eigenvalue weighted by molar-refractivity contribution is 1.25. The summed E-state index contributed by atoms with van der Waals surface area (Å²) in [6.45, 7) is 8.69. The molecule has 0 unspecified atom stereocenters. The number of nitrogens with zero attached hydrogens (tertiary/aromatic N) is 2. The van der Waals surface area contributed by atoms with Gasteiger partial charge in [0.15, 0.2) is 0 Å². The Hall–Kier alpha value is -6.12. The van der Waals surface area contributed by atoms with Gasteiger partial charge in [-0.05, 0) is 116 Å². The van der Waals surface area contributed by atoms with Gasteiger partial charge in [0.05, 0.1) is 16.7 Å². The number of aryl methyl sites for hydroxylation is 3. The van der Waals surface area contributed by atoms with Crippen LogP contribution in [0.3, 0.4) is 0 Å². The summed E-state index contributed by atoms with van der Waals surface area (Å²) in [6.07, 6.45) is 1.97. The summed E-state index contributed by atoms with van der Waals surface area (Å²) < 4.78 is 0. The minimum absolute atomic E-state index is 0.973. The number of benzene rings is 7. The molecule has 236 valence electrons. The highest BCUT2D eigenvalue weighted by Gasteiger charge is 2.23. The SMILES string of the molecule is Cc1cnc2c(ccc3c(C)c(C)c(-c4ccc(-c5ccc(-c6ccc7c8c(cccc68)-c6ccccc6-7)c6ccccc56)cc4)nc32)c1C. The molecule has 0 saturated carbocycles. The Morgan fingerprint density at radius 1 is 0.360 bits per heavy atom. The minimum Gasteiger partial charge on any atom is -0.254 e. The molecule has 2 heteroatoms. The fourth-order valence-electron chi connectivity index (χ4n) is 8.39. The zero-order chi connectivity index (χ0) is 33.7. The van der Waals surface area contributed by atoms with E-state index in [-0.39, 0.29) is 0 Å². The van der Waals surface area contributed by atoms with E-state index < -0.39 is 0 Å². The van der Waals surface area contributed by atoms with Gasteiger partial charge in [0.2, 0.25) is 0 Å². The molecular formula is C48H34N2. The van der Waals surface area contributed by atoms with Crippen molar-refractivity contribution in [2.75, 3.05) is 0 Å². The molecule has 0 amide bonds. The maximum Gasteiger partial charge on any atom is 0.0975 e. The van der Waals surface area contributed by atoms with Crippen molar-refractivity contribution in [3.8, 4) is 55.8 Å². The van der Waals surface area contributed by atoms with Gasteiger partial charge in [-0.15, -0.1) is 0 Å². The molecule has 2 heterocycles. The van der Waals surface area contributed by atoms with Crippen LogP contribution in [0.1, 0.15) is 22.3 Å². The van der Waals surface area contributed by atoms with E-state index in [1.165, 1.54) is 99.1 Å². The van der Waals surface area contributed by atoms with Gasteiger partial charge in [0.25, 0.3) is 0 Å². The standard InChI is InChI=1S/C48H34N2/c1-27-26-49-47-33(28(27)2)20-21-34-29(3)30(4)46(50-48(34)47)32-18-16-31(17-19-32)35-22-23-40(37-11-6-5-10-36(35)37)41-24-25-44-39-13-8-7-12-38(39)42-14-9-15-43(41)45(42)44/h5-26H,1-4H3. The first-order valence-corrected chi connectivity index (χ1v) is 17.4. The summed E-state index contributed by atoms with van der Waals surface area (Å²) >= 11 is 0. The zero-order valence-corrected chi connectivity index (χ0v) is 28.6. The van der Waals surface area contributed by atoms with Gasteiger partial charge < -0.3 is 0 Å². The van der Waals surface area contributed by atoms with E-state index in [0.29, 0.717) is 0 Å². The Morgan fingerprint density at radius 3 is 1.64 bits per heavy atom. The fraction of sp³-hybridized carbons (Fsp3) is 0.0833. The van der Waals surface area contributed by atoms with E-state index in [1.807, 2.05) is 6.20 Å². The molecule has 2 aromatic heterocycles. The topological polar surface area (TPSA) is 25.8 Å². The molecule has 0 saturated heterocycles. The molecule has 0 aliphatic heterocycles. The number of hydrogen-bond acceptors (Lipinski definition) is 2. The number of aromatic nitrogens is 2. The largest absolute Gasteiger partial charge is 0.254 e. The average Bonchev–Trinajstić information content (AvgIpc) is 3.49. The monoisotopic (exact) mass is 638 g/mol. The smallest absolute Gasteiger partial charge is 0.0975 e. The highest BCUT2D eigenvalue weighted by atomic mass is 14.8. The molecule has 0 radical (unpaired) electrons. The molecule has 1 aliphatic carbocycles. The Bertz CT molecular complexity index is 2870. The Kier molecular flexibility index (Phi) is 6.17. The van der Waals surface area contributed by atoms with Gasteiger partial charge in [0.1, 0.15) is 0 Å². The number of pyridine rings is 2. The van der Waals surface area contributed by atoms with Crippen molar-refractivity contribution < 1.29 is 0 Å². The molecule has 0 N–H and O–H groups in total. The number of fused-ring (bicyclic) bond motifs is 7. The summed E-state index contributed by atoms with van der Waals surface area (Å²) in [7, 11) is 0. The van der Waals surface area contributed by atoms with Crippen molar-refractivity contribution >= 4 is 43.4 Å². The highest BCUT2D eigenvalue weighted by molar-refractivity contribution is 6.20. The first kappa shape index (κ1) is 28.9. The van der Waals surface area contributed by atoms with Crippen LogP contribution in [0.2, 0.25) is 0 Å². The highest BCUT2D eigenvalue weighted by Crippen LogP contribution is 2.50. The molecule has 9 aromatic rings. The van der Waals surface area contributed by atoms with Crippen LogP contribution in [0, 0.1) is 27.7 Å². The van der Waals surface area contributed by atoms with Gasteiger partial charge in [0, 0.05) is 22.5 Å². The number of rotatable bonds is 3. The van der Waals surface area contributed by atoms with Gasteiger partial charge in [-0.2, -0.15) is 0 Å². The maximum atomic E-state index is 5.29. The van der Waals surface area contributed by atoms with E-state index in [9.17, 15) is 0 Å². The van der Waals surface area contributed by atoms with Gasteiger partial charge in [-0.25, -0.2) is 4.98 Å². The zero-order valence-electron chi connectivity index (χ0n) is 28.6. The van der Waals surface area contributed by atoms with E-state index in [1.54, 1.807) is 0 Å². The van der Waals surface area contributed by atoms with E-state index in [0.717, 1.165) is 22.3 Å². The Balaban J connectivity index is 1.09. The van der Waals surface area contributed by atoms with Crippen LogP contribution < -0.4 is 0 Å². The first-order chi connectivity index (χ1) is 24.5. The van der Waals surface area contributed by atoms with Gasteiger partial charge >= 0.3 is 0 Å². The summed E-state index contributed by atoms with van der Waals surface area (Å²) in [4.78, 5) is 10.2. The minimum atomic E-state index is 0.973.